The van der Waals surface area contributed by atoms with Crippen LogP contribution in [0, 0.1) is 0 Å². The lowest BCUT2D eigenvalue weighted by Gasteiger charge is -2.36. The van der Waals surface area contributed by atoms with Crippen molar-refractivity contribution in [3.8, 4) is 0 Å². The van der Waals surface area contributed by atoms with Gasteiger partial charge in [-0.1, -0.05) is 36.4 Å². The maximum Gasteiger partial charge on any atom is 0.357 e. The van der Waals surface area contributed by atoms with Gasteiger partial charge >= 0.3 is 10.3 Å². The van der Waals surface area contributed by atoms with E-state index in [1.54, 1.807) is 24.1 Å². The summed E-state index contributed by atoms with van der Waals surface area (Å²) in [5.74, 6) is -0.344. The van der Waals surface area contributed by atoms with Crippen LogP contribution in [-0.2, 0) is 39.3 Å². The number of carbonyl (C=O) groups excluding carboxylic acids is 2. The predicted octanol–water partition coefficient (Wildman–Crippen LogP) is 2.48. The molecular weight excluding hydrogens is 432 g/mol. The number of hydrogen-bond acceptors (Lipinski definition) is 5. The van der Waals surface area contributed by atoms with E-state index in [1.807, 2.05) is 22.9 Å². The predicted molar refractivity (Wildman–Crippen MR) is 123 cm³/mol. The number of hydrogen-bond donors (Lipinski definition) is 4. The van der Waals surface area contributed by atoms with Crippen LogP contribution >= 0.6 is 0 Å². The number of rotatable bonds is 8. The molecule has 0 radical (unpaired) electrons. The number of fused-ring (bicyclic) bond motifs is 1. The van der Waals surface area contributed by atoms with Crippen LogP contribution in [0.4, 0.5) is 5.69 Å². The number of likely N-dealkylation sites (N-methyl/N-ethyl adjacent to an activating group) is 1. The number of nitrogens with zero attached hydrogens (tertiary/aromatic N) is 1. The Kier molecular flexibility index (Phi) is 8.76. The van der Waals surface area contributed by atoms with Gasteiger partial charge in [-0.15, -0.1) is 0 Å². The Morgan fingerprint density at radius 1 is 1.09 bits per heavy atom. The van der Waals surface area contributed by atoms with Crippen molar-refractivity contribution in [2.75, 3.05) is 11.8 Å². The highest BCUT2D eigenvalue weighted by Gasteiger charge is 2.34. The normalized spacial score (nSPS) is 15.3. The van der Waals surface area contributed by atoms with Crippen LogP contribution < -0.4 is 16.2 Å². The van der Waals surface area contributed by atoms with Crippen molar-refractivity contribution in [2.45, 2.75) is 44.7 Å². The summed E-state index contributed by atoms with van der Waals surface area (Å²) in [6.07, 6.45) is 3.14. The molecule has 2 aromatic rings. The van der Waals surface area contributed by atoms with E-state index in [0.717, 1.165) is 24.0 Å². The molecule has 1 atom stereocenters. The highest BCUT2D eigenvalue weighted by molar-refractivity contribution is 7.87. The van der Waals surface area contributed by atoms with Crippen molar-refractivity contribution in [1.29, 1.82) is 0 Å². The molecule has 2 aromatic carbocycles. The van der Waals surface area contributed by atoms with E-state index in [-0.39, 0.29) is 30.2 Å². The zero-order valence-corrected chi connectivity index (χ0v) is 18.9. The highest BCUT2D eigenvalue weighted by atomic mass is 32.2. The minimum absolute atomic E-state index is 0. The Labute approximate surface area is 188 Å². The molecule has 0 aromatic heterocycles. The summed E-state index contributed by atoms with van der Waals surface area (Å²) in [5, 5.41) is 2.62. The summed E-state index contributed by atoms with van der Waals surface area (Å²) in [6, 6.07) is 14.3. The van der Waals surface area contributed by atoms with Gasteiger partial charge in [0, 0.05) is 26.4 Å². The van der Waals surface area contributed by atoms with E-state index in [9.17, 15) is 18.0 Å². The van der Waals surface area contributed by atoms with Crippen molar-refractivity contribution < 1.29 is 22.6 Å². The van der Waals surface area contributed by atoms with Crippen LogP contribution in [0.25, 0.3) is 0 Å². The third-order valence-corrected chi connectivity index (χ3v) is 5.90. The molecule has 0 unspecified atom stereocenters. The van der Waals surface area contributed by atoms with E-state index in [1.165, 1.54) is 11.6 Å². The summed E-state index contributed by atoms with van der Waals surface area (Å²) in [6.45, 7) is 0.200. The first kappa shape index (κ1) is 25.3. The third-order valence-electron chi connectivity index (χ3n) is 5.40. The largest absolute Gasteiger partial charge is 0.357 e. The maximum absolute atomic E-state index is 13.0. The zero-order chi connectivity index (χ0) is 22.4. The van der Waals surface area contributed by atoms with Crippen molar-refractivity contribution in [3.05, 3.63) is 65.2 Å². The van der Waals surface area contributed by atoms with Crippen molar-refractivity contribution in [2.24, 2.45) is 0 Å². The van der Waals surface area contributed by atoms with Gasteiger partial charge in [-0.25, -0.2) is 0 Å². The van der Waals surface area contributed by atoms with Gasteiger partial charge in [0.2, 0.25) is 11.8 Å². The lowest BCUT2D eigenvalue weighted by atomic mass is 9.92. The molecule has 1 aliphatic rings. The molecule has 10 heteroatoms. The molecule has 0 saturated carbocycles. The fourth-order valence-electron chi connectivity index (χ4n) is 3.85. The smallest absolute Gasteiger partial charge is 0.357 e. The Morgan fingerprint density at radius 2 is 1.81 bits per heavy atom. The SMILES string of the molecule is CNC(=O)[C@@H]1Cc2ccc(NS(=O)(=O)O)cc2CN1C(=O)CCCCc1ccccc1.N. The molecule has 174 valence electrons. The van der Waals surface area contributed by atoms with Crippen LogP contribution in [0.5, 0.6) is 0 Å². The average Bonchev–Trinajstić information content (AvgIpc) is 2.74. The van der Waals surface area contributed by atoms with E-state index >= 15 is 0 Å². The fourth-order valence-corrected chi connectivity index (χ4v) is 4.28. The molecule has 2 amide bonds. The molecule has 0 spiro atoms. The molecule has 32 heavy (non-hydrogen) atoms. The van der Waals surface area contributed by atoms with E-state index in [2.05, 4.69) is 17.4 Å². The van der Waals surface area contributed by atoms with Gasteiger partial charge in [0.1, 0.15) is 6.04 Å². The lowest BCUT2D eigenvalue weighted by molar-refractivity contribution is -0.141. The number of unbranched alkanes of at least 4 members (excludes halogenated alkanes) is 1. The van der Waals surface area contributed by atoms with E-state index in [0.29, 0.717) is 19.3 Å². The molecule has 6 N–H and O–H groups in total. The number of benzene rings is 2. The Hall–Kier alpha value is -2.95. The standard InChI is InChI=1S/C22H27N3O5S.H3N/c1-23-22(27)20-14-17-11-12-19(24-31(28,29)30)13-18(17)15-25(20)21(26)10-6-5-9-16-7-3-2-4-8-16;/h2-4,7-8,11-13,20,24H,5-6,9-10,14-15H2,1H3,(H,23,27)(H,28,29,30);1H3/t20-;/m0./s1. The zero-order valence-electron chi connectivity index (χ0n) is 18.1. The third kappa shape index (κ3) is 6.78. The quantitative estimate of drug-likeness (QED) is 0.349. The molecule has 0 aliphatic carbocycles. The van der Waals surface area contributed by atoms with E-state index < -0.39 is 16.3 Å². The summed E-state index contributed by atoms with van der Waals surface area (Å²) >= 11 is 0. The molecule has 9 nitrogen and oxygen atoms in total. The molecule has 1 heterocycles. The minimum atomic E-state index is -4.39. The fraction of sp³-hybridized carbons (Fsp3) is 0.364. The van der Waals surface area contributed by atoms with Crippen LogP contribution in [0.1, 0.15) is 36.0 Å². The first-order valence-electron chi connectivity index (χ1n) is 10.2. The summed E-state index contributed by atoms with van der Waals surface area (Å²) in [7, 11) is -2.85. The monoisotopic (exact) mass is 462 g/mol. The number of nitrogens with one attached hydrogen (secondary N) is 2. The first-order valence-corrected chi connectivity index (χ1v) is 11.6. The van der Waals surface area contributed by atoms with Gasteiger partial charge < -0.3 is 16.4 Å². The van der Waals surface area contributed by atoms with Crippen LogP contribution in [0.3, 0.4) is 0 Å². The Bertz CT molecular complexity index is 1040. The highest BCUT2D eigenvalue weighted by Crippen LogP contribution is 2.27. The number of aryl methyl sites for hydroxylation is 1. The van der Waals surface area contributed by atoms with Gasteiger partial charge in [0.25, 0.3) is 0 Å². The second kappa shape index (κ2) is 11.1. The number of amides is 2. The molecule has 3 rings (SSSR count). The van der Waals surface area contributed by atoms with Gasteiger partial charge in [-0.2, -0.15) is 8.42 Å². The molecule has 1 aliphatic heterocycles. The second-order valence-electron chi connectivity index (χ2n) is 7.61. The molecular formula is C22H30N4O5S. The van der Waals surface area contributed by atoms with Gasteiger partial charge in [0.05, 0.1) is 5.69 Å². The number of carbonyl (C=O) groups is 2. The topological polar surface area (TPSA) is 151 Å². The van der Waals surface area contributed by atoms with Gasteiger partial charge in [0.15, 0.2) is 0 Å². The van der Waals surface area contributed by atoms with Crippen LogP contribution in [-0.4, -0.2) is 42.8 Å². The summed E-state index contributed by atoms with van der Waals surface area (Å²) < 4.78 is 33.2. The Morgan fingerprint density at radius 3 is 2.47 bits per heavy atom. The van der Waals surface area contributed by atoms with Crippen molar-refractivity contribution in [3.63, 3.8) is 0 Å². The van der Waals surface area contributed by atoms with E-state index in [4.69, 9.17) is 4.55 Å². The molecule has 0 bridgehead atoms. The van der Waals surface area contributed by atoms with Crippen LogP contribution in [0.2, 0.25) is 0 Å². The minimum Gasteiger partial charge on any atom is -0.357 e. The van der Waals surface area contributed by atoms with Gasteiger partial charge in [-0.3, -0.25) is 18.9 Å². The number of anilines is 1. The molecule has 0 fully saturated rings. The van der Waals surface area contributed by atoms with Crippen LogP contribution in [0.15, 0.2) is 48.5 Å². The average molecular weight is 463 g/mol. The second-order valence-corrected chi connectivity index (χ2v) is 8.76. The van der Waals surface area contributed by atoms with Crippen molar-refractivity contribution >= 4 is 27.8 Å². The summed E-state index contributed by atoms with van der Waals surface area (Å²) in [5.41, 5.74) is 3.04. The van der Waals surface area contributed by atoms with Gasteiger partial charge in [-0.05, 0) is 48.1 Å². The summed E-state index contributed by atoms with van der Waals surface area (Å²) in [4.78, 5) is 26.9. The molecule has 0 saturated heterocycles. The van der Waals surface area contributed by atoms with Crippen molar-refractivity contribution in [1.82, 2.24) is 16.4 Å². The first-order chi connectivity index (χ1) is 14.8. The maximum atomic E-state index is 13.0. The Balaban J connectivity index is 0.00000363. The lowest BCUT2D eigenvalue weighted by Crippen LogP contribution is -2.51.